The minimum absolute atomic E-state index is 0. The second-order valence-corrected chi connectivity index (χ2v) is 4.24. The summed E-state index contributed by atoms with van der Waals surface area (Å²) >= 11 is 0. The summed E-state index contributed by atoms with van der Waals surface area (Å²) in [6.07, 6.45) is 8.20. The molecule has 0 fully saturated rings. The van der Waals surface area contributed by atoms with Crippen molar-refractivity contribution in [2.75, 3.05) is 6.79 Å². The maximum absolute atomic E-state index is 5.35. The lowest BCUT2D eigenvalue weighted by Gasteiger charge is -1.97. The van der Waals surface area contributed by atoms with Crippen LogP contribution in [0.25, 0.3) is 12.2 Å². The first-order valence-corrected chi connectivity index (χ1v) is 5.84. The fraction of sp³-hybridized carbons (Fsp3) is 0.133. The van der Waals surface area contributed by atoms with E-state index < -0.39 is 0 Å². The molecular formula is C15H14INO2. The van der Waals surface area contributed by atoms with Gasteiger partial charge >= 0.3 is 0 Å². The molecule has 0 atom stereocenters. The first kappa shape index (κ1) is 13.9. The first-order chi connectivity index (χ1) is 8.81. The van der Waals surface area contributed by atoms with Crippen LogP contribution in [0.15, 0.2) is 42.7 Å². The number of nitrogens with zero attached hydrogens (tertiary/aromatic N) is 1. The van der Waals surface area contributed by atoms with Crippen molar-refractivity contribution in [2.45, 2.75) is 0 Å². The van der Waals surface area contributed by atoms with Gasteiger partial charge in [-0.3, -0.25) is 0 Å². The summed E-state index contributed by atoms with van der Waals surface area (Å²) in [6, 6.07) is 10.1. The van der Waals surface area contributed by atoms with Gasteiger partial charge in [-0.05, 0) is 23.3 Å². The number of aryl methyl sites for hydroxylation is 1. The third kappa shape index (κ3) is 3.26. The van der Waals surface area contributed by atoms with E-state index in [1.165, 1.54) is 5.56 Å². The van der Waals surface area contributed by atoms with Crippen molar-refractivity contribution in [3.05, 3.63) is 53.9 Å². The molecule has 4 heteroatoms. The van der Waals surface area contributed by atoms with Crippen LogP contribution in [0.4, 0.5) is 0 Å². The molecule has 3 rings (SSSR count). The zero-order valence-electron chi connectivity index (χ0n) is 10.5. The predicted molar refractivity (Wildman–Crippen MR) is 69.1 cm³/mol. The topological polar surface area (TPSA) is 22.3 Å². The van der Waals surface area contributed by atoms with Gasteiger partial charge in [-0.2, -0.15) is 0 Å². The molecule has 0 spiro atoms. The van der Waals surface area contributed by atoms with Gasteiger partial charge in [0.15, 0.2) is 23.9 Å². The molecule has 0 bridgehead atoms. The van der Waals surface area contributed by atoms with Gasteiger partial charge in [0.25, 0.3) is 0 Å². The van der Waals surface area contributed by atoms with Gasteiger partial charge in [-0.1, -0.05) is 18.2 Å². The van der Waals surface area contributed by atoms with E-state index >= 15 is 0 Å². The van der Waals surface area contributed by atoms with E-state index in [1.807, 2.05) is 42.2 Å². The number of benzene rings is 1. The van der Waals surface area contributed by atoms with Gasteiger partial charge in [-0.25, -0.2) is 4.57 Å². The lowest BCUT2D eigenvalue weighted by Crippen LogP contribution is -3.00. The van der Waals surface area contributed by atoms with Gasteiger partial charge in [0.05, 0.1) is 0 Å². The van der Waals surface area contributed by atoms with E-state index in [1.54, 1.807) is 0 Å². The number of hydrogen-bond donors (Lipinski definition) is 0. The summed E-state index contributed by atoms with van der Waals surface area (Å²) in [5, 5.41) is 0. The number of rotatable bonds is 2. The van der Waals surface area contributed by atoms with Crippen molar-refractivity contribution >= 4 is 12.2 Å². The molecule has 2 aromatic rings. The van der Waals surface area contributed by atoms with Crippen LogP contribution in [0.5, 0.6) is 11.5 Å². The van der Waals surface area contributed by atoms with E-state index in [0.29, 0.717) is 6.79 Å². The quantitative estimate of drug-likeness (QED) is 0.524. The second-order valence-electron chi connectivity index (χ2n) is 4.24. The molecule has 0 aliphatic carbocycles. The molecule has 2 heterocycles. The number of fused-ring (bicyclic) bond motifs is 1. The maximum Gasteiger partial charge on any atom is 0.231 e. The van der Waals surface area contributed by atoms with Crippen molar-refractivity contribution < 1.29 is 38.0 Å². The largest absolute Gasteiger partial charge is 1.00 e. The van der Waals surface area contributed by atoms with E-state index in [0.717, 1.165) is 17.1 Å². The van der Waals surface area contributed by atoms with Crippen molar-refractivity contribution in [3.63, 3.8) is 0 Å². The average Bonchev–Trinajstić information content (AvgIpc) is 2.85. The van der Waals surface area contributed by atoms with Gasteiger partial charge < -0.3 is 33.5 Å². The molecule has 0 radical (unpaired) electrons. The molecule has 98 valence electrons. The number of hydrogen-bond acceptors (Lipinski definition) is 2. The minimum atomic E-state index is 0. The molecule has 0 saturated heterocycles. The second kappa shape index (κ2) is 6.06. The fourth-order valence-corrected chi connectivity index (χ4v) is 1.83. The van der Waals surface area contributed by atoms with Crippen LogP contribution in [0.1, 0.15) is 11.1 Å². The number of ether oxygens (including phenoxy) is 2. The Morgan fingerprint density at radius 1 is 0.947 bits per heavy atom. The molecule has 19 heavy (non-hydrogen) atoms. The molecule has 1 aromatic heterocycles. The van der Waals surface area contributed by atoms with E-state index in [2.05, 4.69) is 24.3 Å². The smallest absolute Gasteiger partial charge is 0.231 e. The van der Waals surface area contributed by atoms with Crippen LogP contribution in [0.3, 0.4) is 0 Å². The Balaban J connectivity index is 0.00000133. The Kier molecular flexibility index (Phi) is 4.42. The minimum Gasteiger partial charge on any atom is -1.00 e. The summed E-state index contributed by atoms with van der Waals surface area (Å²) in [7, 11) is 2.01. The summed E-state index contributed by atoms with van der Waals surface area (Å²) in [5.41, 5.74) is 2.28. The molecule has 1 aliphatic heterocycles. The Labute approximate surface area is 129 Å². The van der Waals surface area contributed by atoms with Gasteiger partial charge in [0, 0.05) is 12.1 Å². The zero-order valence-corrected chi connectivity index (χ0v) is 12.7. The van der Waals surface area contributed by atoms with Gasteiger partial charge in [0.2, 0.25) is 6.79 Å². The van der Waals surface area contributed by atoms with Crippen LogP contribution < -0.4 is 38.0 Å². The molecule has 1 aliphatic rings. The van der Waals surface area contributed by atoms with Crippen LogP contribution in [0.2, 0.25) is 0 Å². The Hall–Kier alpha value is -1.56. The van der Waals surface area contributed by atoms with Crippen molar-refractivity contribution in [1.82, 2.24) is 0 Å². The monoisotopic (exact) mass is 367 g/mol. The van der Waals surface area contributed by atoms with E-state index in [-0.39, 0.29) is 24.0 Å². The van der Waals surface area contributed by atoms with Crippen molar-refractivity contribution in [1.29, 1.82) is 0 Å². The SMILES string of the molecule is C[n+]1ccc(/C=C\c2ccc3c(c2)OCO3)cc1.[I-]. The van der Waals surface area contributed by atoms with Crippen molar-refractivity contribution in [3.8, 4) is 11.5 Å². The van der Waals surface area contributed by atoms with Gasteiger partial charge in [0.1, 0.15) is 7.05 Å². The van der Waals surface area contributed by atoms with E-state index in [4.69, 9.17) is 9.47 Å². The first-order valence-electron chi connectivity index (χ1n) is 5.84. The highest BCUT2D eigenvalue weighted by molar-refractivity contribution is 5.70. The lowest BCUT2D eigenvalue weighted by molar-refractivity contribution is -0.671. The fourth-order valence-electron chi connectivity index (χ4n) is 1.83. The van der Waals surface area contributed by atoms with Crippen LogP contribution in [-0.4, -0.2) is 6.79 Å². The Morgan fingerprint density at radius 2 is 1.63 bits per heavy atom. The molecule has 1 aromatic carbocycles. The third-order valence-corrected chi connectivity index (χ3v) is 2.87. The average molecular weight is 367 g/mol. The third-order valence-electron chi connectivity index (χ3n) is 2.87. The highest BCUT2D eigenvalue weighted by atomic mass is 127. The summed E-state index contributed by atoms with van der Waals surface area (Å²) < 4.78 is 12.6. The van der Waals surface area contributed by atoms with Crippen LogP contribution >= 0.6 is 0 Å². The van der Waals surface area contributed by atoms with Crippen LogP contribution in [0, 0.1) is 0 Å². The zero-order chi connectivity index (χ0) is 12.4. The molecular weight excluding hydrogens is 353 g/mol. The number of pyridine rings is 1. The van der Waals surface area contributed by atoms with E-state index in [9.17, 15) is 0 Å². The van der Waals surface area contributed by atoms with Crippen LogP contribution in [-0.2, 0) is 7.05 Å². The molecule has 0 amide bonds. The summed E-state index contributed by atoms with van der Waals surface area (Å²) in [5.74, 6) is 1.63. The molecule has 3 nitrogen and oxygen atoms in total. The molecule has 0 unspecified atom stereocenters. The van der Waals surface area contributed by atoms with Gasteiger partial charge in [-0.15, -0.1) is 0 Å². The molecule has 0 N–H and O–H groups in total. The highest BCUT2D eigenvalue weighted by Crippen LogP contribution is 2.32. The van der Waals surface area contributed by atoms with Crippen molar-refractivity contribution in [2.24, 2.45) is 7.05 Å². The maximum atomic E-state index is 5.35. The summed E-state index contributed by atoms with van der Waals surface area (Å²) in [4.78, 5) is 0. The summed E-state index contributed by atoms with van der Waals surface area (Å²) in [6.45, 7) is 0.317. The highest BCUT2D eigenvalue weighted by Gasteiger charge is 2.11. The normalized spacial score (nSPS) is 12.5. The standard InChI is InChI=1S/C15H14NO2.HI/c1-16-8-6-12(7-9-16)2-3-13-4-5-14-15(10-13)18-11-17-14;/h2-10H,11H2,1H3;1H/q+1;/p-1/b3-2-;. The Bertz CT molecular complexity index is 594. The molecule has 0 saturated carbocycles. The lowest BCUT2D eigenvalue weighted by atomic mass is 10.1. The number of aromatic nitrogens is 1. The predicted octanol–water partition coefficient (Wildman–Crippen LogP) is -0.586. The Morgan fingerprint density at radius 3 is 2.42 bits per heavy atom. The number of halogens is 1.